The number of sulfonamides is 1. The number of rotatable bonds is 6. The lowest BCUT2D eigenvalue weighted by atomic mass is 10.1. The highest BCUT2D eigenvalue weighted by atomic mass is 32.2. The van der Waals surface area contributed by atoms with Crippen LogP contribution in [0.3, 0.4) is 0 Å². The van der Waals surface area contributed by atoms with Gasteiger partial charge in [0.1, 0.15) is 4.90 Å². The molecule has 0 heterocycles. The van der Waals surface area contributed by atoms with Crippen molar-refractivity contribution in [2.75, 3.05) is 5.32 Å². The van der Waals surface area contributed by atoms with E-state index in [4.69, 9.17) is 0 Å². The van der Waals surface area contributed by atoms with E-state index in [2.05, 4.69) is 10.0 Å². The third-order valence-electron chi connectivity index (χ3n) is 3.63. The number of benzene rings is 2. The molecule has 0 aromatic heterocycles. The van der Waals surface area contributed by atoms with Crippen LogP contribution in [-0.2, 0) is 10.0 Å². The fraction of sp³-hybridized carbons (Fsp3) is 0.316. The van der Waals surface area contributed by atoms with Gasteiger partial charge in [-0.2, -0.15) is 0 Å². The van der Waals surface area contributed by atoms with Crippen molar-refractivity contribution in [3.05, 3.63) is 59.7 Å². The molecule has 1 unspecified atom stereocenters. The van der Waals surface area contributed by atoms with E-state index in [1.54, 1.807) is 20.8 Å². The highest BCUT2D eigenvalue weighted by Crippen LogP contribution is 2.28. The van der Waals surface area contributed by atoms with Crippen LogP contribution in [0.1, 0.15) is 49.7 Å². The van der Waals surface area contributed by atoms with Crippen molar-refractivity contribution in [1.29, 1.82) is 0 Å². The maximum absolute atomic E-state index is 12.8. The zero-order chi connectivity index (χ0) is 19.5. The van der Waals surface area contributed by atoms with Gasteiger partial charge >= 0.3 is 5.97 Å². The maximum Gasteiger partial charge on any atom is 0.335 e. The van der Waals surface area contributed by atoms with Gasteiger partial charge in [0.05, 0.1) is 11.3 Å². The molecular weight excluding hydrogens is 352 g/mol. The van der Waals surface area contributed by atoms with Crippen molar-refractivity contribution in [1.82, 2.24) is 4.72 Å². The van der Waals surface area contributed by atoms with Crippen LogP contribution in [0.25, 0.3) is 0 Å². The Hall–Kier alpha value is -2.38. The molecule has 1 atom stereocenters. The van der Waals surface area contributed by atoms with Gasteiger partial charge < -0.3 is 10.4 Å². The quantitative estimate of drug-likeness (QED) is 0.715. The van der Waals surface area contributed by atoms with Crippen LogP contribution in [0, 0.1) is 0 Å². The summed E-state index contributed by atoms with van der Waals surface area (Å²) in [6.07, 6.45) is 0. The molecule has 0 spiro atoms. The molecule has 2 aromatic rings. The molecule has 0 bridgehead atoms. The Morgan fingerprint density at radius 3 is 2.23 bits per heavy atom. The van der Waals surface area contributed by atoms with E-state index in [1.807, 2.05) is 37.3 Å². The molecule has 0 fully saturated rings. The Morgan fingerprint density at radius 2 is 1.69 bits per heavy atom. The Balaban J connectivity index is 2.47. The smallest absolute Gasteiger partial charge is 0.335 e. The lowest BCUT2D eigenvalue weighted by molar-refractivity contribution is 0.0696. The fourth-order valence-corrected chi connectivity index (χ4v) is 4.13. The van der Waals surface area contributed by atoms with E-state index in [0.717, 1.165) is 5.56 Å². The summed E-state index contributed by atoms with van der Waals surface area (Å²) in [4.78, 5) is 11.2. The van der Waals surface area contributed by atoms with Crippen molar-refractivity contribution >= 4 is 21.7 Å². The van der Waals surface area contributed by atoms with Crippen LogP contribution in [0.2, 0.25) is 0 Å². The highest BCUT2D eigenvalue weighted by Gasteiger charge is 2.26. The van der Waals surface area contributed by atoms with E-state index >= 15 is 0 Å². The summed E-state index contributed by atoms with van der Waals surface area (Å²) in [7, 11) is -3.91. The van der Waals surface area contributed by atoms with Crippen molar-refractivity contribution in [3.8, 4) is 0 Å². The Kier molecular flexibility index (Phi) is 5.73. The molecule has 2 aromatic carbocycles. The number of aromatic carboxylic acids is 1. The van der Waals surface area contributed by atoms with Crippen molar-refractivity contribution < 1.29 is 18.3 Å². The molecule has 6 nitrogen and oxygen atoms in total. The SMILES string of the molecule is CC(Nc1ccc(C(=O)O)cc1S(=O)(=O)NC(C)(C)C)c1ccccc1. The average molecular weight is 376 g/mol. The minimum Gasteiger partial charge on any atom is -0.478 e. The third-order valence-corrected chi connectivity index (χ3v) is 5.43. The molecule has 3 N–H and O–H groups in total. The molecular formula is C19H24N2O4S. The Bertz CT molecular complexity index is 888. The van der Waals surface area contributed by atoms with Crippen LogP contribution in [0.5, 0.6) is 0 Å². The Labute approximate surface area is 154 Å². The maximum atomic E-state index is 12.8. The first-order valence-corrected chi connectivity index (χ1v) is 9.71. The van der Waals surface area contributed by atoms with Gasteiger partial charge in [0.2, 0.25) is 10.0 Å². The largest absolute Gasteiger partial charge is 0.478 e. The molecule has 0 radical (unpaired) electrons. The summed E-state index contributed by atoms with van der Waals surface area (Å²) in [6.45, 7) is 7.09. The van der Waals surface area contributed by atoms with E-state index in [-0.39, 0.29) is 16.5 Å². The predicted molar refractivity (Wildman–Crippen MR) is 102 cm³/mol. The van der Waals surface area contributed by atoms with Crippen molar-refractivity contribution in [3.63, 3.8) is 0 Å². The zero-order valence-electron chi connectivity index (χ0n) is 15.3. The highest BCUT2D eigenvalue weighted by molar-refractivity contribution is 7.89. The van der Waals surface area contributed by atoms with E-state index < -0.39 is 21.5 Å². The number of carbonyl (C=O) groups is 1. The lowest BCUT2D eigenvalue weighted by Gasteiger charge is -2.23. The minimum atomic E-state index is -3.91. The molecule has 0 aliphatic carbocycles. The van der Waals surface area contributed by atoms with Gasteiger partial charge in [0.25, 0.3) is 0 Å². The van der Waals surface area contributed by atoms with Crippen molar-refractivity contribution in [2.45, 2.75) is 44.2 Å². The van der Waals surface area contributed by atoms with Gasteiger partial charge in [0, 0.05) is 11.6 Å². The summed E-state index contributed by atoms with van der Waals surface area (Å²) in [5.41, 5.74) is 0.558. The van der Waals surface area contributed by atoms with Crippen LogP contribution >= 0.6 is 0 Å². The molecule has 2 rings (SSSR count). The summed E-state index contributed by atoms with van der Waals surface area (Å²) >= 11 is 0. The molecule has 0 amide bonds. The number of anilines is 1. The average Bonchev–Trinajstić information content (AvgIpc) is 2.53. The van der Waals surface area contributed by atoms with Gasteiger partial charge in [-0.15, -0.1) is 0 Å². The number of hydrogen-bond acceptors (Lipinski definition) is 4. The lowest BCUT2D eigenvalue weighted by Crippen LogP contribution is -2.40. The first-order chi connectivity index (χ1) is 12.0. The summed E-state index contributed by atoms with van der Waals surface area (Å²) < 4.78 is 28.2. The first-order valence-electron chi connectivity index (χ1n) is 8.22. The topological polar surface area (TPSA) is 95.5 Å². The second-order valence-corrected chi connectivity index (χ2v) is 8.80. The standard InChI is InChI=1S/C19H24N2O4S/c1-13(14-8-6-5-7-9-14)20-16-11-10-15(18(22)23)12-17(16)26(24,25)21-19(2,3)4/h5-13,20-21H,1-4H3,(H,22,23). The predicted octanol–water partition coefficient (Wildman–Crippen LogP) is 3.63. The number of carboxylic acid groups (broad SMARTS) is 1. The molecule has 7 heteroatoms. The molecule has 0 saturated carbocycles. The first kappa shape index (κ1) is 19.9. The van der Waals surface area contributed by atoms with Crippen molar-refractivity contribution in [2.24, 2.45) is 0 Å². The van der Waals surface area contributed by atoms with E-state index in [1.165, 1.54) is 18.2 Å². The third kappa shape index (κ3) is 5.06. The fourth-order valence-electron chi connectivity index (χ4n) is 2.51. The number of carboxylic acids is 1. The van der Waals surface area contributed by atoms with Crippen LogP contribution in [0.4, 0.5) is 5.69 Å². The van der Waals surface area contributed by atoms with Crippen LogP contribution in [0.15, 0.2) is 53.4 Å². The monoisotopic (exact) mass is 376 g/mol. The Morgan fingerprint density at radius 1 is 1.08 bits per heavy atom. The number of hydrogen-bond donors (Lipinski definition) is 3. The molecule has 0 saturated heterocycles. The van der Waals surface area contributed by atoms with Gasteiger partial charge in [-0.1, -0.05) is 30.3 Å². The van der Waals surface area contributed by atoms with Crippen LogP contribution in [-0.4, -0.2) is 25.0 Å². The van der Waals surface area contributed by atoms with Gasteiger partial charge in [-0.25, -0.2) is 17.9 Å². The summed E-state index contributed by atoms with van der Waals surface area (Å²) in [6, 6.07) is 13.5. The minimum absolute atomic E-state index is 0.0859. The molecule has 0 aliphatic heterocycles. The summed E-state index contributed by atoms with van der Waals surface area (Å²) in [5, 5.41) is 12.4. The summed E-state index contributed by atoms with van der Waals surface area (Å²) in [5.74, 6) is -1.18. The van der Waals surface area contributed by atoms with E-state index in [9.17, 15) is 18.3 Å². The van der Waals surface area contributed by atoms with Crippen LogP contribution < -0.4 is 10.0 Å². The zero-order valence-corrected chi connectivity index (χ0v) is 16.1. The van der Waals surface area contributed by atoms with Gasteiger partial charge in [0.15, 0.2) is 0 Å². The second-order valence-electron chi connectivity index (χ2n) is 7.15. The molecule has 0 aliphatic rings. The van der Waals surface area contributed by atoms with E-state index in [0.29, 0.717) is 5.69 Å². The van der Waals surface area contributed by atoms with Gasteiger partial charge in [-0.3, -0.25) is 0 Å². The molecule has 26 heavy (non-hydrogen) atoms. The number of nitrogens with one attached hydrogen (secondary N) is 2. The normalized spacial score (nSPS) is 13.2. The second kappa shape index (κ2) is 7.47. The van der Waals surface area contributed by atoms with Gasteiger partial charge in [-0.05, 0) is 51.5 Å². The molecule has 140 valence electrons.